The van der Waals surface area contributed by atoms with E-state index in [-0.39, 0.29) is 11.9 Å². The fourth-order valence-electron chi connectivity index (χ4n) is 2.36. The molecule has 3 rings (SSSR count). The van der Waals surface area contributed by atoms with Crippen LogP contribution in [0, 0.1) is 13.8 Å². The Hall–Kier alpha value is -2.82. The first kappa shape index (κ1) is 15.1. The van der Waals surface area contributed by atoms with Crippen molar-refractivity contribution in [3.05, 3.63) is 65.2 Å². The first-order chi connectivity index (χ1) is 11.0. The van der Waals surface area contributed by atoms with E-state index in [2.05, 4.69) is 20.3 Å². The Morgan fingerprint density at radius 3 is 2.48 bits per heavy atom. The number of nitrogens with zero attached hydrogens (tertiary/aromatic N) is 3. The molecular weight excluding hydrogens is 288 g/mol. The van der Waals surface area contributed by atoms with Crippen LogP contribution in [0.25, 0.3) is 11.0 Å². The van der Waals surface area contributed by atoms with E-state index in [4.69, 9.17) is 0 Å². The van der Waals surface area contributed by atoms with Gasteiger partial charge >= 0.3 is 0 Å². The van der Waals surface area contributed by atoms with E-state index in [1.54, 1.807) is 18.3 Å². The highest BCUT2D eigenvalue weighted by atomic mass is 16.1. The van der Waals surface area contributed by atoms with Crippen molar-refractivity contribution in [2.75, 3.05) is 0 Å². The van der Waals surface area contributed by atoms with Gasteiger partial charge in [-0.25, -0.2) is 9.97 Å². The van der Waals surface area contributed by atoms with Gasteiger partial charge in [0.1, 0.15) is 0 Å². The molecule has 5 nitrogen and oxygen atoms in total. The van der Waals surface area contributed by atoms with Crippen molar-refractivity contribution >= 4 is 16.9 Å². The first-order valence-electron chi connectivity index (χ1n) is 7.51. The fraction of sp³-hybridized carbons (Fsp3) is 0.222. The van der Waals surface area contributed by atoms with Gasteiger partial charge < -0.3 is 5.32 Å². The SMILES string of the molecule is Cc1nc2ccc(C(=O)N[C@@H](C)c3ccccn3)cc2nc1C. The summed E-state index contributed by atoms with van der Waals surface area (Å²) in [6.07, 6.45) is 1.72. The number of hydrogen-bond donors (Lipinski definition) is 1. The van der Waals surface area contributed by atoms with Crippen LogP contribution in [0.4, 0.5) is 0 Å². The third kappa shape index (κ3) is 3.18. The molecule has 0 bridgehead atoms. The van der Waals surface area contributed by atoms with Crippen molar-refractivity contribution in [1.29, 1.82) is 0 Å². The van der Waals surface area contributed by atoms with E-state index in [9.17, 15) is 4.79 Å². The lowest BCUT2D eigenvalue weighted by atomic mass is 10.1. The van der Waals surface area contributed by atoms with E-state index >= 15 is 0 Å². The summed E-state index contributed by atoms with van der Waals surface area (Å²) < 4.78 is 0. The molecule has 0 aliphatic carbocycles. The summed E-state index contributed by atoms with van der Waals surface area (Å²) in [6.45, 7) is 5.75. The highest BCUT2D eigenvalue weighted by molar-refractivity contribution is 5.97. The number of fused-ring (bicyclic) bond motifs is 1. The average Bonchev–Trinajstić information content (AvgIpc) is 2.56. The minimum absolute atomic E-state index is 0.148. The molecule has 23 heavy (non-hydrogen) atoms. The topological polar surface area (TPSA) is 67.8 Å². The number of amides is 1. The first-order valence-corrected chi connectivity index (χ1v) is 7.51. The quantitative estimate of drug-likeness (QED) is 0.807. The minimum atomic E-state index is -0.162. The molecule has 2 aromatic heterocycles. The summed E-state index contributed by atoms with van der Waals surface area (Å²) in [5, 5.41) is 2.95. The maximum Gasteiger partial charge on any atom is 0.251 e. The Balaban J connectivity index is 1.85. The van der Waals surface area contributed by atoms with Crippen molar-refractivity contribution in [2.24, 2.45) is 0 Å². The van der Waals surface area contributed by atoms with Gasteiger partial charge in [0.15, 0.2) is 0 Å². The predicted octanol–water partition coefficient (Wildman–Crippen LogP) is 3.13. The monoisotopic (exact) mass is 306 g/mol. The summed E-state index contributed by atoms with van der Waals surface area (Å²) in [5.74, 6) is -0.148. The Kier molecular flexibility index (Phi) is 4.02. The molecule has 1 N–H and O–H groups in total. The molecule has 0 radical (unpaired) electrons. The van der Waals surface area contributed by atoms with Crippen molar-refractivity contribution < 1.29 is 4.79 Å². The maximum absolute atomic E-state index is 12.4. The molecule has 2 heterocycles. The van der Waals surface area contributed by atoms with Gasteiger partial charge in [0.05, 0.1) is 34.2 Å². The van der Waals surface area contributed by atoms with Gasteiger partial charge in [-0.05, 0) is 51.1 Å². The van der Waals surface area contributed by atoms with Crippen LogP contribution >= 0.6 is 0 Å². The second-order valence-corrected chi connectivity index (χ2v) is 5.55. The molecule has 0 unspecified atom stereocenters. The van der Waals surface area contributed by atoms with Crippen molar-refractivity contribution in [1.82, 2.24) is 20.3 Å². The number of rotatable bonds is 3. The summed E-state index contributed by atoms with van der Waals surface area (Å²) in [4.78, 5) is 25.7. The second-order valence-electron chi connectivity index (χ2n) is 5.55. The lowest BCUT2D eigenvalue weighted by molar-refractivity contribution is 0.0939. The van der Waals surface area contributed by atoms with Gasteiger partial charge in [0, 0.05) is 11.8 Å². The van der Waals surface area contributed by atoms with Gasteiger partial charge in [-0.3, -0.25) is 9.78 Å². The number of carbonyl (C=O) groups is 1. The highest BCUT2D eigenvalue weighted by Gasteiger charge is 2.13. The average molecular weight is 306 g/mol. The summed E-state index contributed by atoms with van der Waals surface area (Å²) >= 11 is 0. The number of nitrogens with one attached hydrogen (secondary N) is 1. The van der Waals surface area contributed by atoms with Crippen molar-refractivity contribution in [2.45, 2.75) is 26.8 Å². The number of aryl methyl sites for hydroxylation is 2. The Morgan fingerprint density at radius 1 is 1.04 bits per heavy atom. The molecule has 0 aliphatic heterocycles. The van der Waals surface area contributed by atoms with Gasteiger partial charge in [0.25, 0.3) is 5.91 Å². The molecule has 5 heteroatoms. The molecule has 1 aromatic carbocycles. The molecule has 0 spiro atoms. The molecule has 0 fully saturated rings. The molecule has 0 aliphatic rings. The molecular formula is C18H18N4O. The number of pyridine rings is 1. The Labute approximate surface area is 134 Å². The van der Waals surface area contributed by atoms with Gasteiger partial charge in [-0.15, -0.1) is 0 Å². The van der Waals surface area contributed by atoms with Gasteiger partial charge in [-0.1, -0.05) is 6.07 Å². The number of benzene rings is 1. The highest BCUT2D eigenvalue weighted by Crippen LogP contribution is 2.16. The largest absolute Gasteiger partial charge is 0.344 e. The van der Waals surface area contributed by atoms with Crippen LogP contribution in [0.2, 0.25) is 0 Å². The zero-order valence-corrected chi connectivity index (χ0v) is 13.4. The van der Waals surface area contributed by atoms with E-state index in [0.29, 0.717) is 5.56 Å². The van der Waals surface area contributed by atoms with Crippen LogP contribution in [-0.2, 0) is 0 Å². The maximum atomic E-state index is 12.4. The van der Waals surface area contributed by atoms with Crippen molar-refractivity contribution in [3.63, 3.8) is 0 Å². The number of aromatic nitrogens is 3. The third-order valence-corrected chi connectivity index (χ3v) is 3.82. The summed E-state index contributed by atoms with van der Waals surface area (Å²) in [7, 11) is 0. The fourth-order valence-corrected chi connectivity index (χ4v) is 2.36. The smallest absolute Gasteiger partial charge is 0.251 e. The zero-order chi connectivity index (χ0) is 16.4. The molecule has 0 saturated carbocycles. The van der Waals surface area contributed by atoms with Crippen LogP contribution in [0.15, 0.2) is 42.6 Å². The number of carbonyl (C=O) groups excluding carboxylic acids is 1. The zero-order valence-electron chi connectivity index (χ0n) is 13.4. The normalized spacial score (nSPS) is 12.1. The van der Waals surface area contributed by atoms with Crippen LogP contribution in [0.3, 0.4) is 0 Å². The standard InChI is InChI=1S/C18H18N4O/c1-11-12(2)21-17-10-14(7-8-16(17)20-11)18(23)22-13(3)15-6-4-5-9-19-15/h4-10,13H,1-3H3,(H,22,23)/t13-/m0/s1. The van der Waals surface area contributed by atoms with Crippen LogP contribution in [0.5, 0.6) is 0 Å². The van der Waals surface area contributed by atoms with Crippen molar-refractivity contribution in [3.8, 4) is 0 Å². The van der Waals surface area contributed by atoms with E-state index < -0.39 is 0 Å². The third-order valence-electron chi connectivity index (χ3n) is 3.82. The second kappa shape index (κ2) is 6.12. The van der Waals surface area contributed by atoms with E-state index in [1.165, 1.54) is 0 Å². The van der Waals surface area contributed by atoms with Crippen LogP contribution < -0.4 is 5.32 Å². The van der Waals surface area contributed by atoms with E-state index in [0.717, 1.165) is 28.1 Å². The lowest BCUT2D eigenvalue weighted by Crippen LogP contribution is -2.27. The molecule has 1 amide bonds. The van der Waals surface area contributed by atoms with E-state index in [1.807, 2.05) is 45.0 Å². The Bertz CT molecular complexity index is 862. The van der Waals surface area contributed by atoms with Gasteiger partial charge in [-0.2, -0.15) is 0 Å². The minimum Gasteiger partial charge on any atom is -0.344 e. The number of hydrogen-bond acceptors (Lipinski definition) is 4. The van der Waals surface area contributed by atoms with Crippen LogP contribution in [-0.4, -0.2) is 20.9 Å². The Morgan fingerprint density at radius 2 is 1.78 bits per heavy atom. The molecule has 3 aromatic rings. The molecule has 116 valence electrons. The summed E-state index contributed by atoms with van der Waals surface area (Å²) in [5.41, 5.74) is 4.69. The molecule has 1 atom stereocenters. The summed E-state index contributed by atoms with van der Waals surface area (Å²) in [6, 6.07) is 10.9. The lowest BCUT2D eigenvalue weighted by Gasteiger charge is -2.13. The van der Waals surface area contributed by atoms with Crippen LogP contribution in [0.1, 0.15) is 40.4 Å². The predicted molar refractivity (Wildman–Crippen MR) is 89.1 cm³/mol. The van der Waals surface area contributed by atoms with Gasteiger partial charge in [0.2, 0.25) is 0 Å². The molecule has 0 saturated heterocycles.